The zero-order chi connectivity index (χ0) is 21.7. The number of hydrogen-bond acceptors (Lipinski definition) is 4. The highest BCUT2D eigenvalue weighted by Gasteiger charge is 2.31. The first-order chi connectivity index (χ1) is 14.2. The van der Waals surface area contributed by atoms with Gasteiger partial charge in [-0.05, 0) is 68.6 Å². The lowest BCUT2D eigenvalue weighted by atomic mass is 9.96. The SMILES string of the molecule is Cc1ccc(Cl)c(OCC2(O)CCCN(CC(=O)Nc3ccc(F)c(Cl)c3)CC2)c1. The summed E-state index contributed by atoms with van der Waals surface area (Å²) in [6.07, 6.45) is 1.78. The largest absolute Gasteiger partial charge is 0.489 e. The lowest BCUT2D eigenvalue weighted by molar-refractivity contribution is -0.117. The molecule has 8 heteroatoms. The molecule has 0 radical (unpaired) electrons. The number of carbonyl (C=O) groups is 1. The molecule has 1 atom stereocenters. The summed E-state index contributed by atoms with van der Waals surface area (Å²) >= 11 is 11.9. The zero-order valence-corrected chi connectivity index (χ0v) is 18.3. The molecular weight excluding hydrogens is 430 g/mol. The van der Waals surface area contributed by atoms with Crippen molar-refractivity contribution in [2.24, 2.45) is 0 Å². The molecule has 2 aromatic carbocycles. The summed E-state index contributed by atoms with van der Waals surface area (Å²) in [5.74, 6) is -0.190. The molecule has 3 rings (SSSR count). The van der Waals surface area contributed by atoms with Crippen molar-refractivity contribution in [3.8, 4) is 5.75 Å². The van der Waals surface area contributed by atoms with Gasteiger partial charge in [0.1, 0.15) is 18.2 Å². The van der Waals surface area contributed by atoms with E-state index in [9.17, 15) is 14.3 Å². The van der Waals surface area contributed by atoms with Crippen LogP contribution in [0.25, 0.3) is 0 Å². The Morgan fingerprint density at radius 2 is 2.00 bits per heavy atom. The highest BCUT2D eigenvalue weighted by atomic mass is 35.5. The zero-order valence-electron chi connectivity index (χ0n) is 16.8. The number of benzene rings is 2. The molecule has 30 heavy (non-hydrogen) atoms. The number of likely N-dealkylation sites (tertiary alicyclic amines) is 1. The lowest BCUT2D eigenvalue weighted by Gasteiger charge is -2.27. The second-order valence-corrected chi connectivity index (χ2v) is 8.57. The minimum atomic E-state index is -0.983. The van der Waals surface area contributed by atoms with Crippen molar-refractivity contribution in [1.82, 2.24) is 4.90 Å². The minimum Gasteiger partial charge on any atom is -0.489 e. The minimum absolute atomic E-state index is 0.0404. The van der Waals surface area contributed by atoms with Crippen molar-refractivity contribution in [2.75, 3.05) is 31.6 Å². The molecule has 1 fully saturated rings. The topological polar surface area (TPSA) is 61.8 Å². The van der Waals surface area contributed by atoms with E-state index in [0.717, 1.165) is 12.0 Å². The first kappa shape index (κ1) is 22.8. The number of nitrogens with zero attached hydrogens (tertiary/aromatic N) is 1. The molecule has 1 aliphatic rings. The van der Waals surface area contributed by atoms with E-state index in [1.165, 1.54) is 18.2 Å². The van der Waals surface area contributed by atoms with Crippen molar-refractivity contribution in [3.05, 3.63) is 57.8 Å². The third-order valence-electron chi connectivity index (χ3n) is 5.16. The number of amides is 1. The van der Waals surface area contributed by atoms with Gasteiger partial charge in [0.2, 0.25) is 5.91 Å². The van der Waals surface area contributed by atoms with E-state index in [-0.39, 0.29) is 24.1 Å². The Hall–Kier alpha value is -1.86. The van der Waals surface area contributed by atoms with Crippen molar-refractivity contribution in [3.63, 3.8) is 0 Å². The van der Waals surface area contributed by atoms with Gasteiger partial charge in [0.25, 0.3) is 0 Å². The lowest BCUT2D eigenvalue weighted by Crippen LogP contribution is -2.38. The van der Waals surface area contributed by atoms with Gasteiger partial charge in [0.05, 0.1) is 22.2 Å². The molecule has 0 bridgehead atoms. The second kappa shape index (κ2) is 9.96. The Kier molecular flexibility index (Phi) is 7.58. The molecule has 2 N–H and O–H groups in total. The van der Waals surface area contributed by atoms with Crippen LogP contribution in [0.1, 0.15) is 24.8 Å². The number of anilines is 1. The fourth-order valence-electron chi connectivity index (χ4n) is 3.45. The van der Waals surface area contributed by atoms with Crippen LogP contribution in [0.15, 0.2) is 36.4 Å². The maximum Gasteiger partial charge on any atom is 0.238 e. The van der Waals surface area contributed by atoms with Gasteiger partial charge in [-0.2, -0.15) is 0 Å². The molecule has 2 aromatic rings. The van der Waals surface area contributed by atoms with Gasteiger partial charge in [0, 0.05) is 12.2 Å². The number of hydrogen-bond donors (Lipinski definition) is 2. The van der Waals surface area contributed by atoms with Crippen molar-refractivity contribution in [1.29, 1.82) is 0 Å². The van der Waals surface area contributed by atoms with Gasteiger partial charge in [0.15, 0.2) is 0 Å². The Morgan fingerprint density at radius 3 is 2.77 bits per heavy atom. The van der Waals surface area contributed by atoms with Crippen LogP contribution in [-0.4, -0.2) is 47.8 Å². The van der Waals surface area contributed by atoms with Crippen molar-refractivity contribution in [2.45, 2.75) is 31.8 Å². The molecule has 0 aliphatic carbocycles. The number of aliphatic hydroxyl groups is 1. The predicted octanol–water partition coefficient (Wildman–Crippen LogP) is 4.68. The highest BCUT2D eigenvalue weighted by molar-refractivity contribution is 6.32. The maximum atomic E-state index is 13.2. The molecule has 162 valence electrons. The third-order valence-corrected chi connectivity index (χ3v) is 5.77. The van der Waals surface area contributed by atoms with Crippen LogP contribution < -0.4 is 10.1 Å². The van der Waals surface area contributed by atoms with E-state index in [1.54, 1.807) is 6.07 Å². The number of aryl methyl sites for hydroxylation is 1. The summed E-state index contributed by atoms with van der Waals surface area (Å²) in [5, 5.41) is 14.2. The number of ether oxygens (including phenoxy) is 1. The van der Waals surface area contributed by atoms with Crippen molar-refractivity contribution < 1.29 is 19.0 Å². The average molecular weight is 455 g/mol. The summed E-state index contributed by atoms with van der Waals surface area (Å²) < 4.78 is 19.1. The average Bonchev–Trinajstić information content (AvgIpc) is 2.87. The summed E-state index contributed by atoms with van der Waals surface area (Å²) in [6.45, 7) is 3.51. The molecule has 0 spiro atoms. The molecule has 1 aliphatic heterocycles. The van der Waals surface area contributed by atoms with Crippen LogP contribution in [-0.2, 0) is 4.79 Å². The molecule has 1 unspecified atom stereocenters. The standard InChI is InChI=1S/C22H25Cl2FN2O3/c1-15-3-5-17(23)20(11-15)30-14-22(29)7-2-9-27(10-8-22)13-21(28)26-16-4-6-19(25)18(24)12-16/h3-6,11-12,29H,2,7-10,13-14H2,1H3,(H,26,28). The number of carbonyl (C=O) groups excluding carboxylic acids is 1. The van der Waals surface area contributed by atoms with Gasteiger partial charge in [-0.25, -0.2) is 4.39 Å². The summed E-state index contributed by atoms with van der Waals surface area (Å²) in [4.78, 5) is 14.3. The molecule has 0 saturated carbocycles. The molecular formula is C22H25Cl2FN2O3. The van der Waals surface area contributed by atoms with E-state index >= 15 is 0 Å². The fraction of sp³-hybridized carbons (Fsp3) is 0.409. The maximum absolute atomic E-state index is 13.2. The van der Waals surface area contributed by atoms with Crippen LogP contribution in [0.5, 0.6) is 5.75 Å². The first-order valence-electron chi connectivity index (χ1n) is 9.83. The number of nitrogens with one attached hydrogen (secondary N) is 1. The summed E-state index contributed by atoms with van der Waals surface area (Å²) in [5.41, 5.74) is 0.492. The Morgan fingerprint density at radius 1 is 1.20 bits per heavy atom. The molecule has 1 amide bonds. The quantitative estimate of drug-likeness (QED) is 0.665. The fourth-order valence-corrected chi connectivity index (χ4v) is 3.80. The van der Waals surface area contributed by atoms with E-state index in [0.29, 0.717) is 42.4 Å². The van der Waals surface area contributed by atoms with E-state index in [2.05, 4.69) is 5.32 Å². The monoisotopic (exact) mass is 454 g/mol. The van der Waals surface area contributed by atoms with Crippen LogP contribution in [0.3, 0.4) is 0 Å². The van der Waals surface area contributed by atoms with Gasteiger partial charge in [-0.15, -0.1) is 0 Å². The third kappa shape index (κ3) is 6.32. The summed E-state index contributed by atoms with van der Waals surface area (Å²) in [7, 11) is 0. The van der Waals surface area contributed by atoms with Crippen LogP contribution in [0, 0.1) is 12.7 Å². The van der Waals surface area contributed by atoms with E-state index in [4.69, 9.17) is 27.9 Å². The Balaban J connectivity index is 1.51. The molecule has 1 saturated heterocycles. The van der Waals surface area contributed by atoms with Gasteiger partial charge in [-0.3, -0.25) is 9.69 Å². The van der Waals surface area contributed by atoms with Crippen LogP contribution in [0.2, 0.25) is 10.0 Å². The smallest absolute Gasteiger partial charge is 0.238 e. The van der Waals surface area contributed by atoms with Crippen LogP contribution in [0.4, 0.5) is 10.1 Å². The normalized spacial score (nSPS) is 19.9. The predicted molar refractivity (Wildman–Crippen MR) is 117 cm³/mol. The Bertz CT molecular complexity index is 912. The number of halogens is 3. The first-order valence-corrected chi connectivity index (χ1v) is 10.6. The molecule has 0 aromatic heterocycles. The highest BCUT2D eigenvalue weighted by Crippen LogP contribution is 2.29. The molecule has 5 nitrogen and oxygen atoms in total. The van der Waals surface area contributed by atoms with Gasteiger partial charge in [-0.1, -0.05) is 29.3 Å². The number of rotatable bonds is 6. The Labute approximate surface area is 185 Å². The second-order valence-electron chi connectivity index (χ2n) is 7.75. The van der Waals surface area contributed by atoms with E-state index in [1.807, 2.05) is 24.0 Å². The summed E-state index contributed by atoms with van der Waals surface area (Å²) in [6, 6.07) is 9.58. The van der Waals surface area contributed by atoms with Gasteiger partial charge >= 0.3 is 0 Å². The van der Waals surface area contributed by atoms with Gasteiger partial charge < -0.3 is 15.2 Å². The van der Waals surface area contributed by atoms with Crippen LogP contribution >= 0.6 is 23.2 Å². The van der Waals surface area contributed by atoms with Crippen molar-refractivity contribution >= 4 is 34.8 Å². The van der Waals surface area contributed by atoms with E-state index < -0.39 is 11.4 Å². The molecule has 1 heterocycles.